The van der Waals surface area contributed by atoms with Gasteiger partial charge in [-0.2, -0.15) is 0 Å². The van der Waals surface area contributed by atoms with E-state index in [9.17, 15) is 9.18 Å². The van der Waals surface area contributed by atoms with Crippen LogP contribution >= 0.6 is 11.9 Å². The van der Waals surface area contributed by atoms with E-state index in [2.05, 4.69) is 19.6 Å². The van der Waals surface area contributed by atoms with Crippen molar-refractivity contribution in [3.05, 3.63) is 70.7 Å². The molecule has 1 amide bonds. The molecule has 0 saturated heterocycles. The monoisotopic (exact) mass is 412 g/mol. The summed E-state index contributed by atoms with van der Waals surface area (Å²) in [4.78, 5) is 21.8. The normalized spacial score (nSPS) is 13.5. The van der Waals surface area contributed by atoms with Crippen molar-refractivity contribution in [2.75, 3.05) is 5.73 Å². The number of nitrogens with zero attached hydrogens (tertiary/aromatic N) is 4. The second-order valence-corrected chi connectivity index (χ2v) is 8.06. The SMILES string of the molecule is Cc1c(SN2Cc3ccncc3C2)cc(C(=O)NCc2nc(N)ccc2F)n1C. The summed E-state index contributed by atoms with van der Waals surface area (Å²) < 4.78 is 17.9. The van der Waals surface area contributed by atoms with Gasteiger partial charge in [-0.1, -0.05) is 0 Å². The third kappa shape index (κ3) is 3.96. The molecule has 0 spiro atoms. The Bertz CT molecular complexity index is 1060. The minimum absolute atomic E-state index is 0.0309. The van der Waals surface area contributed by atoms with Gasteiger partial charge in [0.15, 0.2) is 0 Å². The first-order chi connectivity index (χ1) is 13.9. The molecule has 3 N–H and O–H groups in total. The summed E-state index contributed by atoms with van der Waals surface area (Å²) in [5.41, 5.74) is 9.70. The number of amides is 1. The van der Waals surface area contributed by atoms with Gasteiger partial charge in [0.25, 0.3) is 5.91 Å². The van der Waals surface area contributed by atoms with E-state index in [0.29, 0.717) is 5.69 Å². The molecule has 0 atom stereocenters. The number of hydrogen-bond acceptors (Lipinski definition) is 6. The van der Waals surface area contributed by atoms with Gasteiger partial charge in [0.05, 0.1) is 12.2 Å². The molecule has 0 aliphatic carbocycles. The molecule has 3 aromatic rings. The van der Waals surface area contributed by atoms with Crippen LogP contribution in [0.1, 0.15) is 33.0 Å². The fourth-order valence-electron chi connectivity index (χ4n) is 3.25. The molecule has 3 aromatic heterocycles. The molecule has 0 aromatic carbocycles. The van der Waals surface area contributed by atoms with Crippen molar-refractivity contribution < 1.29 is 9.18 Å². The molecule has 0 saturated carbocycles. The van der Waals surface area contributed by atoms with E-state index in [4.69, 9.17) is 5.73 Å². The van der Waals surface area contributed by atoms with Gasteiger partial charge in [0.2, 0.25) is 0 Å². The molecule has 7 nitrogen and oxygen atoms in total. The standard InChI is InChI=1S/C20H21FN6OS/c1-12-18(29-27-10-13-5-6-23-8-14(13)11-27)7-17(26(12)2)20(28)24-9-16-15(21)3-4-19(22)25-16/h3-8H,9-11H2,1-2H3,(H2,22,25)(H,24,28). The lowest BCUT2D eigenvalue weighted by molar-refractivity contribution is 0.0941. The fraction of sp³-hybridized carbons (Fsp3) is 0.250. The zero-order valence-corrected chi connectivity index (χ0v) is 17.0. The maximum atomic E-state index is 13.8. The van der Waals surface area contributed by atoms with E-state index in [1.807, 2.05) is 36.9 Å². The highest BCUT2D eigenvalue weighted by Crippen LogP contribution is 2.35. The molecule has 0 fully saturated rings. The Kier molecular flexibility index (Phi) is 5.25. The molecule has 1 aliphatic rings. The van der Waals surface area contributed by atoms with Gasteiger partial charge < -0.3 is 15.6 Å². The number of pyridine rings is 2. The second-order valence-electron chi connectivity index (χ2n) is 6.92. The van der Waals surface area contributed by atoms with E-state index in [1.165, 1.54) is 23.3 Å². The number of carbonyl (C=O) groups is 1. The highest BCUT2D eigenvalue weighted by Gasteiger charge is 2.23. The molecular formula is C20H21FN6OS. The summed E-state index contributed by atoms with van der Waals surface area (Å²) >= 11 is 1.62. The number of aromatic nitrogens is 3. The fourth-order valence-corrected chi connectivity index (χ4v) is 4.37. The quantitative estimate of drug-likeness (QED) is 0.627. The van der Waals surface area contributed by atoms with Crippen molar-refractivity contribution in [3.8, 4) is 0 Å². The van der Waals surface area contributed by atoms with E-state index >= 15 is 0 Å². The van der Waals surface area contributed by atoms with Gasteiger partial charge in [-0.25, -0.2) is 13.7 Å². The van der Waals surface area contributed by atoms with Gasteiger partial charge >= 0.3 is 0 Å². The van der Waals surface area contributed by atoms with Crippen LogP contribution in [0.5, 0.6) is 0 Å². The van der Waals surface area contributed by atoms with Crippen LogP contribution in [0, 0.1) is 12.7 Å². The number of nitrogen functional groups attached to an aromatic ring is 1. The summed E-state index contributed by atoms with van der Waals surface area (Å²) in [6, 6.07) is 6.53. The number of anilines is 1. The van der Waals surface area contributed by atoms with Crippen molar-refractivity contribution >= 4 is 23.7 Å². The van der Waals surface area contributed by atoms with Crippen LogP contribution in [0.15, 0.2) is 41.6 Å². The number of fused-ring (bicyclic) bond motifs is 1. The highest BCUT2D eigenvalue weighted by molar-refractivity contribution is 7.97. The van der Waals surface area contributed by atoms with Gasteiger partial charge in [-0.15, -0.1) is 0 Å². The van der Waals surface area contributed by atoms with Crippen LogP contribution in [-0.2, 0) is 26.7 Å². The Balaban J connectivity index is 1.45. The first kappa shape index (κ1) is 19.4. The average Bonchev–Trinajstić information content (AvgIpc) is 3.24. The van der Waals surface area contributed by atoms with E-state index < -0.39 is 5.82 Å². The minimum Gasteiger partial charge on any atom is -0.384 e. The molecule has 4 rings (SSSR count). The average molecular weight is 412 g/mol. The largest absolute Gasteiger partial charge is 0.384 e. The number of rotatable bonds is 5. The summed E-state index contributed by atoms with van der Waals surface area (Å²) in [5.74, 6) is -0.576. The molecule has 4 heterocycles. The zero-order valence-electron chi connectivity index (χ0n) is 16.1. The molecule has 0 unspecified atom stereocenters. The van der Waals surface area contributed by atoms with Crippen LogP contribution in [-0.4, -0.2) is 24.7 Å². The van der Waals surface area contributed by atoms with E-state index in [-0.39, 0.29) is 24.0 Å². The second kappa shape index (κ2) is 7.84. The number of nitrogens with one attached hydrogen (secondary N) is 1. The van der Waals surface area contributed by atoms with Gasteiger partial charge in [-0.3, -0.25) is 9.78 Å². The van der Waals surface area contributed by atoms with Crippen LogP contribution in [0.4, 0.5) is 10.2 Å². The smallest absolute Gasteiger partial charge is 0.268 e. The molecule has 1 aliphatic heterocycles. The Morgan fingerprint density at radius 2 is 2.10 bits per heavy atom. The lowest BCUT2D eigenvalue weighted by Gasteiger charge is -2.13. The first-order valence-corrected chi connectivity index (χ1v) is 9.90. The third-order valence-electron chi connectivity index (χ3n) is 5.00. The first-order valence-electron chi connectivity index (χ1n) is 9.12. The molecular weight excluding hydrogens is 391 g/mol. The van der Waals surface area contributed by atoms with Gasteiger partial charge in [0.1, 0.15) is 17.3 Å². The maximum absolute atomic E-state index is 13.8. The predicted molar refractivity (Wildman–Crippen MR) is 109 cm³/mol. The van der Waals surface area contributed by atoms with E-state index in [1.54, 1.807) is 18.1 Å². The number of carbonyl (C=O) groups excluding carboxylic acids is 1. The Morgan fingerprint density at radius 3 is 2.90 bits per heavy atom. The van der Waals surface area contributed by atoms with Crippen molar-refractivity contribution in [1.29, 1.82) is 0 Å². The minimum atomic E-state index is -0.498. The third-order valence-corrected chi connectivity index (χ3v) is 6.13. The molecule has 0 radical (unpaired) electrons. The predicted octanol–water partition coefficient (Wildman–Crippen LogP) is 2.80. The number of hydrogen-bond donors (Lipinski definition) is 2. The molecule has 9 heteroatoms. The molecule has 0 bridgehead atoms. The van der Waals surface area contributed by atoms with Gasteiger partial charge in [0, 0.05) is 43.1 Å². The lowest BCUT2D eigenvalue weighted by atomic mass is 10.2. The van der Waals surface area contributed by atoms with Crippen molar-refractivity contribution in [1.82, 2.24) is 24.2 Å². The van der Waals surface area contributed by atoms with Crippen LogP contribution in [0.25, 0.3) is 0 Å². The van der Waals surface area contributed by atoms with Crippen LogP contribution in [0.2, 0.25) is 0 Å². The topological polar surface area (TPSA) is 89.1 Å². The van der Waals surface area contributed by atoms with Crippen molar-refractivity contribution in [3.63, 3.8) is 0 Å². The van der Waals surface area contributed by atoms with Crippen LogP contribution < -0.4 is 11.1 Å². The Labute approximate surface area is 172 Å². The maximum Gasteiger partial charge on any atom is 0.268 e. The van der Waals surface area contributed by atoms with Crippen molar-refractivity contribution in [2.24, 2.45) is 7.05 Å². The molecule has 29 heavy (non-hydrogen) atoms. The summed E-state index contributed by atoms with van der Waals surface area (Å²) in [7, 11) is 1.84. The summed E-state index contributed by atoms with van der Waals surface area (Å²) in [5, 5.41) is 2.72. The Morgan fingerprint density at radius 1 is 1.31 bits per heavy atom. The van der Waals surface area contributed by atoms with Gasteiger partial charge in [-0.05, 0) is 54.3 Å². The molecule has 150 valence electrons. The highest BCUT2D eigenvalue weighted by atomic mass is 32.2. The number of halogens is 1. The summed E-state index contributed by atoms with van der Waals surface area (Å²) in [6.07, 6.45) is 3.71. The van der Waals surface area contributed by atoms with E-state index in [0.717, 1.165) is 23.7 Å². The van der Waals surface area contributed by atoms with Crippen molar-refractivity contribution in [2.45, 2.75) is 31.5 Å². The number of nitrogens with two attached hydrogens (primary N) is 1. The summed E-state index contributed by atoms with van der Waals surface area (Å²) in [6.45, 7) is 3.59. The zero-order chi connectivity index (χ0) is 20.5. The lowest BCUT2D eigenvalue weighted by Crippen LogP contribution is -2.26. The Hall–Kier alpha value is -2.91. The van der Waals surface area contributed by atoms with Crippen LogP contribution in [0.3, 0.4) is 0 Å².